The molecule has 0 spiro atoms. The lowest BCUT2D eigenvalue weighted by Gasteiger charge is -2.25. The van der Waals surface area contributed by atoms with Crippen molar-refractivity contribution in [3.63, 3.8) is 0 Å². The molecule has 0 bridgehead atoms. The molecule has 7 nitrogen and oxygen atoms in total. The number of nitrogens with two attached hydrogens (primary N) is 1. The molecule has 1 amide bonds. The first-order valence-electron chi connectivity index (χ1n) is 9.68. The van der Waals surface area contributed by atoms with Gasteiger partial charge in [-0.15, -0.1) is 10.2 Å². The fourth-order valence-electron chi connectivity index (χ4n) is 3.65. The molecular weight excluding hydrogens is 424 g/mol. The van der Waals surface area contributed by atoms with Gasteiger partial charge in [0.2, 0.25) is 11.1 Å². The van der Waals surface area contributed by atoms with E-state index in [-0.39, 0.29) is 17.7 Å². The number of hydrogen-bond acceptors (Lipinski definition) is 6. The van der Waals surface area contributed by atoms with Crippen LogP contribution in [-0.2, 0) is 11.2 Å². The molecule has 2 N–H and O–H groups in total. The van der Waals surface area contributed by atoms with E-state index in [0.29, 0.717) is 16.5 Å². The second kappa shape index (κ2) is 8.54. The Balaban J connectivity index is 1.49. The molecule has 10 heteroatoms. The molecular formula is C21H21F2N5O2S. The van der Waals surface area contributed by atoms with Crippen LogP contribution in [-0.4, -0.2) is 38.7 Å². The van der Waals surface area contributed by atoms with Crippen LogP contribution in [0.5, 0.6) is 5.75 Å². The van der Waals surface area contributed by atoms with Crippen molar-refractivity contribution in [2.24, 2.45) is 0 Å². The molecule has 0 aliphatic carbocycles. The summed E-state index contributed by atoms with van der Waals surface area (Å²) in [7, 11) is 0. The van der Waals surface area contributed by atoms with Gasteiger partial charge < -0.3 is 15.5 Å². The third kappa shape index (κ3) is 4.20. The summed E-state index contributed by atoms with van der Waals surface area (Å²) in [6.45, 7) is 0.947. The quantitative estimate of drug-likeness (QED) is 0.460. The number of nitrogens with zero attached hydrogens (tertiary/aromatic N) is 4. The summed E-state index contributed by atoms with van der Waals surface area (Å²) in [5.41, 5.74) is 2.68. The highest BCUT2D eigenvalue weighted by Crippen LogP contribution is 2.35. The third-order valence-electron chi connectivity index (χ3n) is 5.08. The Morgan fingerprint density at radius 3 is 2.61 bits per heavy atom. The van der Waals surface area contributed by atoms with Gasteiger partial charge >= 0.3 is 6.61 Å². The van der Waals surface area contributed by atoms with Crippen LogP contribution in [0.2, 0.25) is 0 Å². The van der Waals surface area contributed by atoms with Crippen molar-refractivity contribution in [3.8, 4) is 17.1 Å². The van der Waals surface area contributed by atoms with Gasteiger partial charge in [0.1, 0.15) is 5.75 Å². The maximum atomic E-state index is 13.2. The third-order valence-corrected chi connectivity index (χ3v) is 6.12. The minimum absolute atomic E-state index is 0.0273. The number of para-hydroxylation sites is 1. The number of benzene rings is 2. The van der Waals surface area contributed by atoms with Crippen molar-refractivity contribution >= 4 is 23.4 Å². The minimum atomic E-state index is -2.89. The smallest absolute Gasteiger partial charge is 0.387 e. The summed E-state index contributed by atoms with van der Waals surface area (Å²) in [6, 6.07) is 13.9. The Hall–Kier alpha value is -3.14. The lowest BCUT2D eigenvalue weighted by Crippen LogP contribution is -2.40. The van der Waals surface area contributed by atoms with Crippen LogP contribution >= 0.6 is 11.8 Å². The van der Waals surface area contributed by atoms with Gasteiger partial charge in [0.05, 0.1) is 5.25 Å². The van der Waals surface area contributed by atoms with Crippen LogP contribution < -0.4 is 15.5 Å². The van der Waals surface area contributed by atoms with Crippen LogP contribution in [0.3, 0.4) is 0 Å². The number of anilines is 1. The number of halogens is 2. The molecule has 2 aromatic carbocycles. The van der Waals surface area contributed by atoms with Crippen molar-refractivity contribution in [1.29, 1.82) is 0 Å². The number of aromatic nitrogens is 3. The number of fused-ring (bicyclic) bond motifs is 1. The molecule has 31 heavy (non-hydrogen) atoms. The van der Waals surface area contributed by atoms with Gasteiger partial charge in [-0.2, -0.15) is 8.78 Å². The van der Waals surface area contributed by atoms with Crippen molar-refractivity contribution in [3.05, 3.63) is 54.1 Å². The molecule has 2 heterocycles. The Kier molecular flexibility index (Phi) is 5.81. The van der Waals surface area contributed by atoms with Gasteiger partial charge in [-0.3, -0.25) is 4.79 Å². The van der Waals surface area contributed by atoms with Crippen LogP contribution in [0.25, 0.3) is 11.4 Å². The van der Waals surface area contributed by atoms with Gasteiger partial charge in [0.15, 0.2) is 5.82 Å². The van der Waals surface area contributed by atoms with Crippen molar-refractivity contribution in [2.45, 2.75) is 43.3 Å². The zero-order chi connectivity index (χ0) is 22.1. The maximum Gasteiger partial charge on any atom is 0.387 e. The van der Waals surface area contributed by atoms with E-state index < -0.39 is 11.9 Å². The maximum absolute atomic E-state index is 13.2. The standard InChI is InChI=1S/C21H21F2N5O2S/c1-12-11-15-5-3-4-6-17(15)27(12)19(29)13(2)31-21-26-25-18(28(21)24)14-7-9-16(10-8-14)30-20(22)23/h3-10,12-13,20H,11,24H2,1-2H3. The average molecular weight is 445 g/mol. The summed E-state index contributed by atoms with van der Waals surface area (Å²) >= 11 is 1.22. The minimum Gasteiger partial charge on any atom is -0.435 e. The molecule has 1 aliphatic heterocycles. The Morgan fingerprint density at radius 1 is 1.19 bits per heavy atom. The highest BCUT2D eigenvalue weighted by Gasteiger charge is 2.34. The normalized spacial score (nSPS) is 16.4. The first kappa shape index (κ1) is 21.1. The molecule has 2 atom stereocenters. The second-order valence-corrected chi connectivity index (χ2v) is 8.54. The van der Waals surface area contributed by atoms with Gasteiger partial charge in [-0.25, -0.2) is 4.68 Å². The number of rotatable bonds is 6. The molecule has 4 rings (SSSR count). The van der Waals surface area contributed by atoms with E-state index in [9.17, 15) is 13.6 Å². The molecule has 0 saturated heterocycles. The van der Waals surface area contributed by atoms with E-state index in [0.717, 1.165) is 17.7 Å². The molecule has 3 aromatic rings. The molecule has 162 valence electrons. The van der Waals surface area contributed by atoms with E-state index in [1.165, 1.54) is 28.6 Å². The van der Waals surface area contributed by atoms with Gasteiger partial charge in [0.25, 0.3) is 0 Å². The van der Waals surface area contributed by atoms with Crippen LogP contribution in [0.1, 0.15) is 19.4 Å². The summed E-state index contributed by atoms with van der Waals surface area (Å²) in [4.78, 5) is 15.0. The van der Waals surface area contributed by atoms with E-state index in [1.807, 2.05) is 43.0 Å². The van der Waals surface area contributed by atoms with E-state index in [1.54, 1.807) is 12.1 Å². The van der Waals surface area contributed by atoms with Crippen LogP contribution in [0.15, 0.2) is 53.7 Å². The first-order chi connectivity index (χ1) is 14.8. The zero-order valence-electron chi connectivity index (χ0n) is 16.9. The average Bonchev–Trinajstić information content (AvgIpc) is 3.26. The largest absolute Gasteiger partial charge is 0.435 e. The number of ether oxygens (including phenoxy) is 1. The number of carbonyl (C=O) groups is 1. The molecule has 0 fully saturated rings. The predicted octanol–water partition coefficient (Wildman–Crippen LogP) is 3.72. The molecule has 1 aliphatic rings. The van der Waals surface area contributed by atoms with Gasteiger partial charge in [-0.05, 0) is 56.2 Å². The topological polar surface area (TPSA) is 86.3 Å². The van der Waals surface area contributed by atoms with Crippen molar-refractivity contribution in [1.82, 2.24) is 14.9 Å². The zero-order valence-corrected chi connectivity index (χ0v) is 17.7. The highest BCUT2D eigenvalue weighted by molar-refractivity contribution is 8.00. The Morgan fingerprint density at radius 2 is 1.90 bits per heavy atom. The molecule has 0 radical (unpaired) electrons. The fourth-order valence-corrected chi connectivity index (χ4v) is 4.46. The summed E-state index contributed by atoms with van der Waals surface area (Å²) in [5.74, 6) is 6.52. The Labute approximate surface area is 182 Å². The lowest BCUT2D eigenvalue weighted by molar-refractivity contribution is -0.118. The fraction of sp³-hybridized carbons (Fsp3) is 0.286. The summed E-state index contributed by atoms with van der Waals surface area (Å²) in [5, 5.41) is 8.14. The molecule has 0 saturated carbocycles. The summed E-state index contributed by atoms with van der Waals surface area (Å²) < 4.78 is 30.3. The first-order valence-corrected chi connectivity index (χ1v) is 10.6. The van der Waals surface area contributed by atoms with Crippen molar-refractivity contribution < 1.29 is 18.3 Å². The van der Waals surface area contributed by atoms with Crippen LogP contribution in [0.4, 0.5) is 14.5 Å². The number of hydrogen-bond donors (Lipinski definition) is 1. The number of thioether (sulfide) groups is 1. The summed E-state index contributed by atoms with van der Waals surface area (Å²) in [6.07, 6.45) is 0.821. The predicted molar refractivity (Wildman–Crippen MR) is 115 cm³/mol. The second-order valence-electron chi connectivity index (χ2n) is 7.23. The van der Waals surface area contributed by atoms with Crippen molar-refractivity contribution in [2.75, 3.05) is 10.7 Å². The van der Waals surface area contributed by atoms with E-state index >= 15 is 0 Å². The molecule has 2 unspecified atom stereocenters. The van der Waals surface area contributed by atoms with Gasteiger partial charge in [-0.1, -0.05) is 30.0 Å². The highest BCUT2D eigenvalue weighted by atomic mass is 32.2. The van der Waals surface area contributed by atoms with E-state index in [2.05, 4.69) is 14.9 Å². The number of carbonyl (C=O) groups excluding carboxylic acids is 1. The number of nitrogen functional groups attached to an aromatic ring is 1. The Bertz CT molecular complexity index is 1090. The lowest BCUT2D eigenvalue weighted by atomic mass is 10.1. The SMILES string of the molecule is CC(Sc1nnc(-c2ccc(OC(F)F)cc2)n1N)C(=O)N1c2ccccc2CC1C. The molecule has 1 aromatic heterocycles. The van der Waals surface area contributed by atoms with Gasteiger partial charge in [0, 0.05) is 17.3 Å². The number of amides is 1. The number of alkyl halides is 2. The van der Waals surface area contributed by atoms with E-state index in [4.69, 9.17) is 5.84 Å². The van der Waals surface area contributed by atoms with Crippen LogP contribution in [0, 0.1) is 0 Å². The monoisotopic (exact) mass is 445 g/mol.